The standard InChI is InChI=1S/C8H12N4O2S/c1-2-9-7-11-10-6(15-7)5-12-3-4-14-8(12)13/h2-5H2,1H3,(H,9,11). The number of aromatic nitrogens is 2. The molecule has 1 aromatic heterocycles. The highest BCUT2D eigenvalue weighted by molar-refractivity contribution is 7.15. The molecule has 0 aliphatic carbocycles. The lowest BCUT2D eigenvalue weighted by Gasteiger charge is -2.08. The Labute approximate surface area is 91.2 Å². The molecule has 15 heavy (non-hydrogen) atoms. The van der Waals surface area contributed by atoms with Gasteiger partial charge in [-0.05, 0) is 6.92 Å². The van der Waals surface area contributed by atoms with E-state index in [1.54, 1.807) is 4.90 Å². The van der Waals surface area contributed by atoms with Gasteiger partial charge in [0, 0.05) is 6.54 Å². The van der Waals surface area contributed by atoms with Crippen LogP contribution < -0.4 is 5.32 Å². The molecule has 1 amide bonds. The molecule has 7 heteroatoms. The topological polar surface area (TPSA) is 67.3 Å². The fourth-order valence-corrected chi connectivity index (χ4v) is 2.10. The number of hydrogen-bond acceptors (Lipinski definition) is 6. The van der Waals surface area contributed by atoms with Crippen LogP contribution >= 0.6 is 11.3 Å². The smallest absolute Gasteiger partial charge is 0.410 e. The number of anilines is 1. The van der Waals surface area contributed by atoms with Crippen molar-refractivity contribution in [3.63, 3.8) is 0 Å². The Balaban J connectivity index is 1.95. The van der Waals surface area contributed by atoms with E-state index >= 15 is 0 Å². The third-order valence-corrected chi connectivity index (χ3v) is 2.83. The number of ether oxygens (including phenoxy) is 1. The highest BCUT2D eigenvalue weighted by Gasteiger charge is 2.23. The number of carbonyl (C=O) groups excluding carboxylic acids is 1. The summed E-state index contributed by atoms with van der Waals surface area (Å²) in [6, 6.07) is 0. The van der Waals surface area contributed by atoms with Crippen molar-refractivity contribution in [2.75, 3.05) is 25.0 Å². The summed E-state index contributed by atoms with van der Waals surface area (Å²) in [5, 5.41) is 12.6. The van der Waals surface area contributed by atoms with E-state index in [1.165, 1.54) is 11.3 Å². The molecule has 0 saturated carbocycles. The third-order valence-electron chi connectivity index (χ3n) is 1.97. The molecule has 1 N–H and O–H groups in total. The summed E-state index contributed by atoms with van der Waals surface area (Å²) in [5.41, 5.74) is 0. The average Bonchev–Trinajstić information content (AvgIpc) is 2.79. The molecule has 82 valence electrons. The van der Waals surface area contributed by atoms with Gasteiger partial charge in [0.15, 0.2) is 0 Å². The van der Waals surface area contributed by atoms with Crippen LogP contribution in [0.15, 0.2) is 0 Å². The van der Waals surface area contributed by atoms with Gasteiger partial charge < -0.3 is 10.1 Å². The molecule has 0 bridgehead atoms. The van der Waals surface area contributed by atoms with Crippen molar-refractivity contribution >= 4 is 22.6 Å². The Morgan fingerprint density at radius 3 is 3.13 bits per heavy atom. The van der Waals surface area contributed by atoms with Gasteiger partial charge in [-0.1, -0.05) is 11.3 Å². The van der Waals surface area contributed by atoms with E-state index in [1.807, 2.05) is 6.92 Å². The van der Waals surface area contributed by atoms with Gasteiger partial charge in [0.2, 0.25) is 5.13 Å². The summed E-state index contributed by atoms with van der Waals surface area (Å²) in [4.78, 5) is 12.8. The van der Waals surface area contributed by atoms with Gasteiger partial charge in [-0.25, -0.2) is 4.79 Å². The molecule has 0 atom stereocenters. The number of nitrogens with one attached hydrogen (secondary N) is 1. The lowest BCUT2D eigenvalue weighted by Crippen LogP contribution is -2.23. The molecule has 2 heterocycles. The predicted octanol–water partition coefficient (Wildman–Crippen LogP) is 0.922. The van der Waals surface area contributed by atoms with Crippen LogP contribution in [0.5, 0.6) is 0 Å². The van der Waals surface area contributed by atoms with Crippen LogP contribution in [-0.2, 0) is 11.3 Å². The molecular formula is C8H12N4O2S. The summed E-state index contributed by atoms with van der Waals surface area (Å²) >= 11 is 1.46. The second-order valence-electron chi connectivity index (χ2n) is 3.07. The molecule has 2 rings (SSSR count). The zero-order chi connectivity index (χ0) is 10.7. The van der Waals surface area contributed by atoms with Crippen molar-refractivity contribution in [2.24, 2.45) is 0 Å². The number of nitrogens with zero attached hydrogens (tertiary/aromatic N) is 3. The lowest BCUT2D eigenvalue weighted by molar-refractivity contribution is 0.157. The molecule has 1 aliphatic rings. The minimum Gasteiger partial charge on any atom is -0.448 e. The van der Waals surface area contributed by atoms with Gasteiger partial charge in [0.05, 0.1) is 13.1 Å². The molecule has 6 nitrogen and oxygen atoms in total. The molecular weight excluding hydrogens is 216 g/mol. The zero-order valence-corrected chi connectivity index (χ0v) is 9.21. The second-order valence-corrected chi connectivity index (χ2v) is 4.13. The Morgan fingerprint density at radius 2 is 2.47 bits per heavy atom. The van der Waals surface area contributed by atoms with E-state index in [0.717, 1.165) is 16.7 Å². The van der Waals surface area contributed by atoms with E-state index in [0.29, 0.717) is 19.7 Å². The number of carbonyl (C=O) groups is 1. The Hall–Kier alpha value is -1.37. The van der Waals surface area contributed by atoms with Gasteiger partial charge in [-0.3, -0.25) is 4.90 Å². The molecule has 1 aliphatic heterocycles. The van der Waals surface area contributed by atoms with Crippen LogP contribution in [0.2, 0.25) is 0 Å². The van der Waals surface area contributed by atoms with Crippen molar-refractivity contribution in [1.29, 1.82) is 0 Å². The molecule has 1 fully saturated rings. The predicted molar refractivity (Wildman–Crippen MR) is 55.8 cm³/mol. The van der Waals surface area contributed by atoms with E-state index in [9.17, 15) is 4.79 Å². The first kappa shape index (κ1) is 10.2. The quantitative estimate of drug-likeness (QED) is 0.830. The van der Waals surface area contributed by atoms with E-state index in [2.05, 4.69) is 15.5 Å². The highest BCUT2D eigenvalue weighted by atomic mass is 32.1. The molecule has 1 aromatic rings. The first-order chi connectivity index (χ1) is 7.29. The maximum atomic E-state index is 11.2. The minimum atomic E-state index is -0.268. The number of hydrogen-bond donors (Lipinski definition) is 1. The largest absolute Gasteiger partial charge is 0.448 e. The van der Waals surface area contributed by atoms with Crippen LogP contribution in [0.3, 0.4) is 0 Å². The van der Waals surface area contributed by atoms with Crippen LogP contribution in [-0.4, -0.2) is 40.9 Å². The monoisotopic (exact) mass is 228 g/mol. The zero-order valence-electron chi connectivity index (χ0n) is 8.39. The maximum absolute atomic E-state index is 11.2. The van der Waals surface area contributed by atoms with Crippen molar-refractivity contribution in [3.8, 4) is 0 Å². The van der Waals surface area contributed by atoms with Crippen LogP contribution in [0.4, 0.5) is 9.93 Å². The summed E-state index contributed by atoms with van der Waals surface area (Å²) in [6.45, 7) is 4.41. The number of rotatable bonds is 4. The third kappa shape index (κ3) is 2.35. The average molecular weight is 228 g/mol. The van der Waals surface area contributed by atoms with Gasteiger partial charge in [0.25, 0.3) is 0 Å². The lowest BCUT2D eigenvalue weighted by atomic mass is 10.5. The van der Waals surface area contributed by atoms with Crippen molar-refractivity contribution in [1.82, 2.24) is 15.1 Å². The van der Waals surface area contributed by atoms with E-state index in [-0.39, 0.29) is 6.09 Å². The van der Waals surface area contributed by atoms with Gasteiger partial charge >= 0.3 is 6.09 Å². The highest BCUT2D eigenvalue weighted by Crippen LogP contribution is 2.18. The Morgan fingerprint density at radius 1 is 1.60 bits per heavy atom. The van der Waals surface area contributed by atoms with E-state index < -0.39 is 0 Å². The maximum Gasteiger partial charge on any atom is 0.410 e. The number of amides is 1. The fraction of sp³-hybridized carbons (Fsp3) is 0.625. The SMILES string of the molecule is CCNc1nnc(CN2CCOC2=O)s1. The Kier molecular flexibility index (Phi) is 3.00. The molecule has 0 spiro atoms. The van der Waals surface area contributed by atoms with Gasteiger partial charge in [-0.15, -0.1) is 10.2 Å². The van der Waals surface area contributed by atoms with Crippen LogP contribution in [0.1, 0.15) is 11.9 Å². The van der Waals surface area contributed by atoms with Crippen LogP contribution in [0, 0.1) is 0 Å². The van der Waals surface area contributed by atoms with Crippen molar-refractivity contribution in [2.45, 2.75) is 13.5 Å². The number of cyclic esters (lactones) is 1. The Bertz CT molecular complexity index is 354. The molecule has 0 aromatic carbocycles. The molecule has 1 saturated heterocycles. The van der Waals surface area contributed by atoms with Crippen LogP contribution in [0.25, 0.3) is 0 Å². The fourth-order valence-electron chi connectivity index (χ4n) is 1.27. The summed E-state index contributed by atoms with van der Waals surface area (Å²) in [5.74, 6) is 0. The first-order valence-electron chi connectivity index (χ1n) is 4.77. The minimum absolute atomic E-state index is 0.268. The summed E-state index contributed by atoms with van der Waals surface area (Å²) in [7, 11) is 0. The van der Waals surface area contributed by atoms with Gasteiger partial charge in [-0.2, -0.15) is 0 Å². The second kappa shape index (κ2) is 4.43. The van der Waals surface area contributed by atoms with Crippen molar-refractivity contribution < 1.29 is 9.53 Å². The summed E-state index contributed by atoms with van der Waals surface area (Å²) in [6.07, 6.45) is -0.268. The van der Waals surface area contributed by atoms with Gasteiger partial charge in [0.1, 0.15) is 11.6 Å². The summed E-state index contributed by atoms with van der Waals surface area (Å²) < 4.78 is 4.82. The normalized spacial score (nSPS) is 15.5. The van der Waals surface area contributed by atoms with E-state index in [4.69, 9.17) is 4.74 Å². The molecule has 0 radical (unpaired) electrons. The molecule has 0 unspecified atom stereocenters. The first-order valence-corrected chi connectivity index (χ1v) is 5.59. The van der Waals surface area contributed by atoms with Crippen molar-refractivity contribution in [3.05, 3.63) is 5.01 Å².